The number of unbranched alkanes of at least 4 members (excludes halogenated alkanes) is 1. The van der Waals surface area contributed by atoms with E-state index in [1.165, 1.54) is 60.6 Å². The fraction of sp³-hybridized carbons (Fsp3) is 0.657. The number of carbonyl (C=O) groups is 6. The first-order chi connectivity index (χ1) is 42.5. The molecule has 0 bridgehead atoms. The molecule has 3 fully saturated rings. The van der Waals surface area contributed by atoms with Crippen molar-refractivity contribution in [3.8, 4) is 5.75 Å². The van der Waals surface area contributed by atoms with E-state index in [2.05, 4.69) is 209 Å². The summed E-state index contributed by atoms with van der Waals surface area (Å²) < 4.78 is 5.91. The van der Waals surface area contributed by atoms with Crippen LogP contribution in [-0.2, 0) is 25.8 Å². The van der Waals surface area contributed by atoms with Crippen molar-refractivity contribution in [1.29, 1.82) is 0 Å². The van der Waals surface area contributed by atoms with Crippen molar-refractivity contribution in [2.75, 3.05) is 33.8 Å². The number of rotatable bonds is 14. The van der Waals surface area contributed by atoms with Crippen molar-refractivity contribution in [1.82, 2.24) is 40.6 Å². The molecule has 9 amide bonds. The number of aromatic nitrogens is 2. The van der Waals surface area contributed by atoms with Crippen molar-refractivity contribution in [2.45, 2.75) is 251 Å². The summed E-state index contributed by atoms with van der Waals surface area (Å²) in [5.74, 6) is 1.23. The number of halogens is 4. The molecule has 4 heterocycles. The van der Waals surface area contributed by atoms with Gasteiger partial charge in [0.05, 0.1) is 13.7 Å². The van der Waals surface area contributed by atoms with E-state index in [-0.39, 0.29) is 52.3 Å². The van der Waals surface area contributed by atoms with E-state index in [1.54, 1.807) is 19.1 Å². The number of carbonyl (C=O) groups excluding carboxylic acids is 6. The van der Waals surface area contributed by atoms with Gasteiger partial charge in [-0.15, -0.1) is 0 Å². The van der Waals surface area contributed by atoms with Gasteiger partial charge in [-0.2, -0.15) is 6.42 Å². The van der Waals surface area contributed by atoms with Gasteiger partial charge in [0, 0.05) is 68.2 Å². The standard InChI is InChI=1S/C12H14N2O3.C10H18N2O2.C7H16.C5H11I.C5H8N2O2.C5H6.C5H10.C4H4N2O2.C4H9.5C2H6.3HI.V/c1-17-10-4-2-9(3-5-10)8-14-11(15)6-7-13-12(14)16;1-3-5-8(4-2)12-7-6-9(13)11-10(12)14;1-4-6-7(3)5-2;1-3-4-5(2)6;1-7-3-2-4(8)6-5(7)9;1-2-4-5-3-1;1-3-5-4-2;7-3-1-2-5-4(8)6-3;1-3-4-2;5*1-2;;;;/h2-5H,6-8H2,1H3,(H,13,16);8H,3-7H2,1-2H3,(H,11,13,14);7H,4-6H2,1-3H3;5H,3-4H2,1-2H3;2-3H2,1H3,(H,6,8,9);1-4H,5H2;3,5H,4H2,1-2H3;1-2H,(H2,5,6,7,8);1,3-4H2,2H3;5*1-2H3;3*1H;/q;;;;;;;;-1;;;;;;;;;+3/p-3/b;;;;;;5-3-;;;;;;;;;;;. The van der Waals surface area contributed by atoms with Crippen LogP contribution in [0, 0.1) is 12.8 Å². The van der Waals surface area contributed by atoms with Crippen LogP contribution in [0.4, 0.5) is 14.4 Å². The molecule has 3 atom stereocenters. The number of amides is 9. The predicted octanol–water partition coefficient (Wildman–Crippen LogP) is 19.6. The molecule has 4 aliphatic rings. The van der Waals surface area contributed by atoms with Gasteiger partial charge in [0.2, 0.25) is 17.7 Å². The SMILES string of the molecule is C/C=C\CC.C1=CCC=C1.CC.CC.CC.CC.CC.CCCC(C)CC.CCCC(C)I.CCCC(CC)N1CCC(=O)NC1=O.CN1CCC(=O)NC1=O.COc1ccc(CN2C(=O)CCNC2=O)cc1.O=c1cc[nH]c(=O)[nH]1.[CH2-]CCC.[I][V]([I])[I]. The number of benzene rings is 1. The number of nitrogens with one attached hydrogen (secondary N) is 5. The van der Waals surface area contributed by atoms with Crippen LogP contribution in [-0.4, -0.2) is 104 Å². The number of alkyl halides is 1. The fourth-order valence-electron chi connectivity index (χ4n) is 6.29. The van der Waals surface area contributed by atoms with Gasteiger partial charge < -0.3 is 31.8 Å². The Morgan fingerprint density at radius 3 is 1.43 bits per heavy atom. The van der Waals surface area contributed by atoms with E-state index in [0.717, 1.165) is 59.7 Å². The van der Waals surface area contributed by atoms with E-state index in [9.17, 15) is 38.4 Å². The molecule has 1 aliphatic carbocycles. The van der Waals surface area contributed by atoms with Crippen LogP contribution < -0.4 is 31.9 Å². The zero-order valence-corrected chi connectivity index (χ0v) is 69.3. The molecule has 89 heavy (non-hydrogen) atoms. The van der Waals surface area contributed by atoms with Crippen LogP contribution in [0.1, 0.15) is 240 Å². The van der Waals surface area contributed by atoms with Gasteiger partial charge in [-0.25, -0.2) is 19.2 Å². The van der Waals surface area contributed by atoms with Gasteiger partial charge in [0.25, 0.3) is 5.56 Å². The third-order valence-corrected chi connectivity index (χ3v) is 11.5. The minimum absolute atomic E-state index is 0.135. The molecule has 0 radical (unpaired) electrons. The van der Waals surface area contributed by atoms with Gasteiger partial charge in [-0.3, -0.25) is 39.7 Å². The number of H-pyrrole nitrogens is 2. The van der Waals surface area contributed by atoms with E-state index >= 15 is 0 Å². The van der Waals surface area contributed by atoms with Crippen molar-refractivity contribution >= 4 is 118 Å². The van der Waals surface area contributed by atoms with E-state index < -0.39 is 5.69 Å². The Hall–Kier alpha value is -2.76. The van der Waals surface area contributed by atoms with Crippen molar-refractivity contribution in [2.24, 2.45) is 5.92 Å². The number of methoxy groups -OCH3 is 1. The summed E-state index contributed by atoms with van der Waals surface area (Å²) in [7, 11) is 3.25. The quantitative estimate of drug-likeness (QED) is 0.0524. The number of imide groups is 3. The molecule has 0 saturated carbocycles. The topological polar surface area (TPSA) is 223 Å². The molecule has 3 saturated heterocycles. The Bertz CT molecular complexity index is 2060. The third-order valence-electron chi connectivity index (χ3n) is 10.9. The molecule has 3 aliphatic heterocycles. The van der Waals surface area contributed by atoms with Crippen molar-refractivity contribution < 1.29 is 38.4 Å². The first-order valence-electron chi connectivity index (χ1n) is 32.3. The summed E-state index contributed by atoms with van der Waals surface area (Å²) in [6.07, 6.45) is 29.4. The number of urea groups is 3. The van der Waals surface area contributed by atoms with E-state index in [4.69, 9.17) is 4.74 Å². The van der Waals surface area contributed by atoms with Gasteiger partial charge in [0.1, 0.15) is 5.75 Å². The average Bonchev–Trinajstić information content (AvgIpc) is 3.93. The monoisotopic (exact) mass is 1750 g/mol. The van der Waals surface area contributed by atoms with Crippen LogP contribution in [0.15, 0.2) is 82.6 Å². The second-order valence-corrected chi connectivity index (χ2v) is 55.3. The molecule has 0 spiro atoms. The molecular formula is C67H126I4N8O9V-. The summed E-state index contributed by atoms with van der Waals surface area (Å²) in [6.45, 7) is 47.2. The molecule has 3 unspecified atom stereocenters. The van der Waals surface area contributed by atoms with Crippen molar-refractivity contribution in [3.05, 3.63) is 106 Å². The summed E-state index contributed by atoms with van der Waals surface area (Å²) in [5, 5.41) is 7.17. The van der Waals surface area contributed by atoms with Crippen LogP contribution in [0.25, 0.3) is 0 Å². The number of ether oxygens (including phenoxy) is 1. The number of nitrogens with zero attached hydrogens (tertiary/aromatic N) is 3. The molecule has 2 aromatic rings. The predicted molar refractivity (Wildman–Crippen MR) is 414 cm³/mol. The first kappa shape index (κ1) is 105. The maximum absolute atomic E-state index is 11.6. The van der Waals surface area contributed by atoms with Gasteiger partial charge in [0.15, 0.2) is 0 Å². The zero-order valence-electron chi connectivity index (χ0n) is 59.3. The van der Waals surface area contributed by atoms with Crippen LogP contribution in [0.5, 0.6) is 5.75 Å². The molecule has 1 aromatic heterocycles. The second-order valence-electron chi connectivity index (χ2n) is 17.8. The zero-order chi connectivity index (χ0) is 71.0. The number of hydrogen-bond acceptors (Lipinski definition) is 9. The average molecular weight is 1750 g/mol. The van der Waals surface area contributed by atoms with E-state index in [1.807, 2.05) is 105 Å². The normalized spacial score (nSPS) is 13.6. The second kappa shape index (κ2) is 83.3. The van der Waals surface area contributed by atoms with E-state index in [0.29, 0.717) is 45.4 Å². The minimum atomic E-state index is -0.475. The Kier molecular flexibility index (Phi) is 98.3. The van der Waals surface area contributed by atoms with Gasteiger partial charge in [-0.05, 0) is 62.6 Å². The number of allylic oxidation sites excluding steroid dienone is 6. The first-order valence-corrected chi connectivity index (χ1v) is 47.1. The van der Waals surface area contributed by atoms with Gasteiger partial charge in [-0.1, -0.05) is 241 Å². The summed E-state index contributed by atoms with van der Waals surface area (Å²) in [4.78, 5) is 95.4. The molecule has 22 heteroatoms. The molecule has 1 aromatic carbocycles. The molecule has 522 valence electrons. The molecule has 6 rings (SSSR count). The van der Waals surface area contributed by atoms with Gasteiger partial charge >= 0.3 is 88.6 Å². The number of hydrogen-bond donors (Lipinski definition) is 5. The Labute approximate surface area is 594 Å². The van der Waals surface area contributed by atoms with Crippen LogP contribution >= 0.6 is 82.5 Å². The summed E-state index contributed by atoms with van der Waals surface area (Å²) >= 11 is 9.83. The summed E-state index contributed by atoms with van der Waals surface area (Å²) in [5.41, 5.74) is 0.0439. The maximum atomic E-state index is 11.6. The summed E-state index contributed by atoms with van der Waals surface area (Å²) in [6, 6.07) is 7.98. The Morgan fingerprint density at radius 2 is 1.15 bits per heavy atom. The van der Waals surface area contributed by atoms with Crippen molar-refractivity contribution in [3.63, 3.8) is 0 Å². The third kappa shape index (κ3) is 75.9. The van der Waals surface area contributed by atoms with Crippen LogP contribution in [0.2, 0.25) is 0 Å². The molecule has 17 nitrogen and oxygen atoms in total. The molecular weight excluding hydrogens is 1620 g/mol. The fourth-order valence-corrected chi connectivity index (χ4v) is 6.91. The molecule has 5 N–H and O–H groups in total. The Morgan fingerprint density at radius 1 is 0.663 bits per heavy atom. The Balaban J connectivity index is -0.000000116. The number of aromatic amines is 2. The van der Waals surface area contributed by atoms with Crippen LogP contribution in [0.3, 0.4) is 0 Å².